The molecule has 3 aromatic rings. The van der Waals surface area contributed by atoms with Gasteiger partial charge in [-0.1, -0.05) is 31.2 Å². The zero-order valence-corrected chi connectivity index (χ0v) is 19.2. The molecule has 1 atom stereocenters. The summed E-state index contributed by atoms with van der Waals surface area (Å²) in [7, 11) is 0. The van der Waals surface area contributed by atoms with Crippen LogP contribution >= 0.6 is 0 Å². The fourth-order valence-corrected chi connectivity index (χ4v) is 4.54. The maximum Gasteiger partial charge on any atom is 0.227 e. The van der Waals surface area contributed by atoms with Crippen molar-refractivity contribution in [2.45, 2.75) is 39.8 Å². The van der Waals surface area contributed by atoms with Crippen LogP contribution in [0.3, 0.4) is 0 Å². The molecule has 32 heavy (non-hydrogen) atoms. The van der Waals surface area contributed by atoms with E-state index in [-0.39, 0.29) is 11.8 Å². The molecular formula is C26H33N5O. The molecule has 1 saturated heterocycles. The summed E-state index contributed by atoms with van der Waals surface area (Å²) in [5, 5.41) is 0. The van der Waals surface area contributed by atoms with Gasteiger partial charge in [-0.25, -0.2) is 4.98 Å². The molecule has 3 heterocycles. The zero-order chi connectivity index (χ0) is 22.3. The van der Waals surface area contributed by atoms with Gasteiger partial charge in [0, 0.05) is 57.5 Å². The van der Waals surface area contributed by atoms with Gasteiger partial charge in [0.15, 0.2) is 0 Å². The molecule has 0 N–H and O–H groups in total. The number of carbonyl (C=O) groups is 1. The number of aromatic nitrogens is 3. The molecule has 6 nitrogen and oxygen atoms in total. The molecule has 1 aliphatic heterocycles. The summed E-state index contributed by atoms with van der Waals surface area (Å²) in [5.74, 6) is 1.32. The molecular weight excluding hydrogens is 398 g/mol. The summed E-state index contributed by atoms with van der Waals surface area (Å²) in [4.78, 5) is 26.5. The smallest absolute Gasteiger partial charge is 0.227 e. The maximum atomic E-state index is 13.4. The number of hydrogen-bond acceptors (Lipinski definition) is 4. The average molecular weight is 432 g/mol. The molecule has 168 valence electrons. The van der Waals surface area contributed by atoms with E-state index in [2.05, 4.69) is 62.4 Å². The van der Waals surface area contributed by atoms with Gasteiger partial charge in [0.05, 0.1) is 12.5 Å². The van der Waals surface area contributed by atoms with Gasteiger partial charge in [0.2, 0.25) is 5.91 Å². The van der Waals surface area contributed by atoms with E-state index in [1.165, 1.54) is 11.1 Å². The summed E-state index contributed by atoms with van der Waals surface area (Å²) < 4.78 is 2.18. The number of hydrogen-bond donors (Lipinski definition) is 0. The second-order valence-corrected chi connectivity index (χ2v) is 8.52. The van der Waals surface area contributed by atoms with E-state index in [1.807, 2.05) is 36.9 Å². The quantitative estimate of drug-likeness (QED) is 0.543. The third-order valence-electron chi connectivity index (χ3n) is 6.28. The van der Waals surface area contributed by atoms with Gasteiger partial charge in [0.25, 0.3) is 0 Å². The molecule has 1 aliphatic rings. The Balaban J connectivity index is 1.50. The van der Waals surface area contributed by atoms with E-state index >= 15 is 0 Å². The van der Waals surface area contributed by atoms with E-state index < -0.39 is 0 Å². The van der Waals surface area contributed by atoms with E-state index in [1.54, 1.807) is 0 Å². The molecule has 0 saturated carbocycles. The van der Waals surface area contributed by atoms with Crippen LogP contribution in [0, 0.1) is 5.92 Å². The van der Waals surface area contributed by atoms with Crippen LogP contribution in [0.1, 0.15) is 31.7 Å². The van der Waals surface area contributed by atoms with Crippen LogP contribution in [0.4, 0.5) is 0 Å². The fraction of sp³-hybridized carbons (Fsp3) is 0.423. The van der Waals surface area contributed by atoms with Crippen LogP contribution in [0.15, 0.2) is 61.2 Å². The van der Waals surface area contributed by atoms with Crippen molar-refractivity contribution in [2.24, 2.45) is 5.92 Å². The normalized spacial score (nSPS) is 17.5. The Bertz CT molecular complexity index is 999. The lowest BCUT2D eigenvalue weighted by Gasteiger charge is -2.24. The van der Waals surface area contributed by atoms with Crippen molar-refractivity contribution >= 4 is 5.91 Å². The minimum absolute atomic E-state index is 0.0409. The standard InChI is InChI=1S/C26H33N5O/c1-3-14-31-17-16-29(20-25-28-13-15-30(25)4-2)19-24(26(31)32)18-21-5-7-22(8-6-21)23-9-11-27-12-10-23/h5-13,15,24H,3-4,14,16-20H2,1-2H3. The van der Waals surface area contributed by atoms with Gasteiger partial charge >= 0.3 is 0 Å². The van der Waals surface area contributed by atoms with Crippen LogP contribution in [0.5, 0.6) is 0 Å². The van der Waals surface area contributed by atoms with Crippen molar-refractivity contribution in [2.75, 3.05) is 26.2 Å². The minimum Gasteiger partial charge on any atom is -0.341 e. The van der Waals surface area contributed by atoms with E-state index in [4.69, 9.17) is 0 Å². The van der Waals surface area contributed by atoms with Gasteiger partial charge in [-0.3, -0.25) is 14.7 Å². The summed E-state index contributed by atoms with van der Waals surface area (Å²) in [6.45, 7) is 9.24. The van der Waals surface area contributed by atoms with Crippen molar-refractivity contribution in [1.82, 2.24) is 24.3 Å². The topological polar surface area (TPSA) is 54.3 Å². The lowest BCUT2D eigenvalue weighted by atomic mass is 9.95. The molecule has 6 heteroatoms. The Kier molecular flexibility index (Phi) is 7.32. The highest BCUT2D eigenvalue weighted by Crippen LogP contribution is 2.22. The van der Waals surface area contributed by atoms with Crippen molar-refractivity contribution < 1.29 is 4.79 Å². The van der Waals surface area contributed by atoms with Crippen molar-refractivity contribution in [3.8, 4) is 11.1 Å². The predicted octanol–water partition coefficient (Wildman–Crippen LogP) is 3.88. The molecule has 1 aromatic carbocycles. The largest absolute Gasteiger partial charge is 0.341 e. The van der Waals surface area contributed by atoms with Gasteiger partial charge in [-0.15, -0.1) is 0 Å². The lowest BCUT2D eigenvalue weighted by Crippen LogP contribution is -2.37. The Morgan fingerprint density at radius 2 is 1.72 bits per heavy atom. The number of nitrogens with zero attached hydrogens (tertiary/aromatic N) is 5. The molecule has 1 unspecified atom stereocenters. The van der Waals surface area contributed by atoms with E-state index in [9.17, 15) is 4.79 Å². The third kappa shape index (κ3) is 5.25. The number of aryl methyl sites for hydroxylation is 1. The first-order valence-corrected chi connectivity index (χ1v) is 11.7. The van der Waals surface area contributed by atoms with Crippen LogP contribution < -0.4 is 0 Å². The summed E-state index contributed by atoms with van der Waals surface area (Å²) >= 11 is 0. The van der Waals surface area contributed by atoms with Gasteiger partial charge in [-0.2, -0.15) is 0 Å². The first-order chi connectivity index (χ1) is 15.7. The second-order valence-electron chi connectivity index (χ2n) is 8.52. The first-order valence-electron chi connectivity index (χ1n) is 11.7. The number of carbonyl (C=O) groups excluding carboxylic acids is 1. The van der Waals surface area contributed by atoms with Gasteiger partial charge in [0.1, 0.15) is 5.82 Å². The van der Waals surface area contributed by atoms with Gasteiger partial charge < -0.3 is 9.47 Å². The summed E-state index contributed by atoms with van der Waals surface area (Å²) in [6.07, 6.45) is 9.27. The first kappa shape index (κ1) is 22.2. The van der Waals surface area contributed by atoms with Crippen LogP contribution in [-0.4, -0.2) is 56.4 Å². The highest BCUT2D eigenvalue weighted by molar-refractivity contribution is 5.79. The number of amides is 1. The fourth-order valence-electron chi connectivity index (χ4n) is 4.54. The van der Waals surface area contributed by atoms with E-state index in [0.29, 0.717) is 0 Å². The number of benzene rings is 1. The maximum absolute atomic E-state index is 13.4. The Hall–Kier alpha value is -2.99. The third-order valence-corrected chi connectivity index (χ3v) is 6.28. The lowest BCUT2D eigenvalue weighted by molar-refractivity contribution is -0.134. The summed E-state index contributed by atoms with van der Waals surface area (Å²) in [5.41, 5.74) is 3.53. The molecule has 4 rings (SSSR count). The Labute approximate surface area is 190 Å². The van der Waals surface area contributed by atoms with Crippen molar-refractivity contribution in [3.63, 3.8) is 0 Å². The van der Waals surface area contributed by atoms with Crippen LogP contribution in [0.25, 0.3) is 11.1 Å². The second kappa shape index (κ2) is 10.6. The van der Waals surface area contributed by atoms with E-state index in [0.717, 1.165) is 63.5 Å². The molecule has 0 bridgehead atoms. The molecule has 0 aliphatic carbocycles. The van der Waals surface area contributed by atoms with Crippen molar-refractivity contribution in [1.29, 1.82) is 0 Å². The van der Waals surface area contributed by atoms with Crippen molar-refractivity contribution in [3.05, 3.63) is 72.6 Å². The molecule has 1 fully saturated rings. The monoisotopic (exact) mass is 431 g/mol. The summed E-state index contributed by atoms with van der Waals surface area (Å²) in [6, 6.07) is 12.6. The number of rotatable bonds is 8. The number of imidazole rings is 1. The molecule has 0 radical (unpaired) electrons. The van der Waals surface area contributed by atoms with Gasteiger partial charge in [-0.05, 0) is 48.6 Å². The SMILES string of the molecule is CCCN1CCN(Cc2nccn2CC)CC(Cc2ccc(-c3ccncc3)cc2)C1=O. The molecule has 2 aromatic heterocycles. The number of pyridine rings is 1. The zero-order valence-electron chi connectivity index (χ0n) is 19.2. The highest BCUT2D eigenvalue weighted by atomic mass is 16.2. The van der Waals surface area contributed by atoms with Crippen LogP contribution in [-0.2, 0) is 24.3 Å². The molecule has 1 amide bonds. The van der Waals surface area contributed by atoms with Crippen LogP contribution in [0.2, 0.25) is 0 Å². The predicted molar refractivity (Wildman–Crippen MR) is 127 cm³/mol. The average Bonchev–Trinajstić information content (AvgIpc) is 3.23. The highest BCUT2D eigenvalue weighted by Gasteiger charge is 2.30. The Morgan fingerprint density at radius 1 is 0.969 bits per heavy atom. The Morgan fingerprint density at radius 3 is 2.44 bits per heavy atom. The minimum atomic E-state index is -0.0409. The molecule has 0 spiro atoms.